The standard InChI is InChI=1S/C23H26N2O3S/c1-15(2)14-29(27,28)25-18-10-8-16(9-11-18)21-12-19(13-23(26)17-6-7-17)24-22-5-3-4-20(21)22/h3-4,8-12,15,17,25H,5-7,13-14H2,1-2H3. The zero-order valence-corrected chi connectivity index (χ0v) is 17.6. The Hall–Kier alpha value is -2.47. The molecule has 1 fully saturated rings. The van der Waals surface area contributed by atoms with E-state index in [2.05, 4.69) is 16.9 Å². The van der Waals surface area contributed by atoms with Gasteiger partial charge in [-0.15, -0.1) is 0 Å². The SMILES string of the molecule is CC(C)CS(=O)(=O)Nc1ccc(-c2cc(CC(=O)C3CC3)nc3c2C=CC3)cc1. The molecule has 2 aliphatic carbocycles. The van der Waals surface area contributed by atoms with E-state index in [1.54, 1.807) is 12.1 Å². The van der Waals surface area contributed by atoms with Crippen LogP contribution in [-0.2, 0) is 27.7 Å². The van der Waals surface area contributed by atoms with Crippen molar-refractivity contribution in [3.8, 4) is 11.1 Å². The Balaban J connectivity index is 1.59. The van der Waals surface area contributed by atoms with Crippen molar-refractivity contribution in [2.75, 3.05) is 10.5 Å². The van der Waals surface area contributed by atoms with Crippen LogP contribution in [0.4, 0.5) is 5.69 Å². The van der Waals surface area contributed by atoms with Crippen molar-refractivity contribution in [3.63, 3.8) is 0 Å². The highest BCUT2D eigenvalue weighted by molar-refractivity contribution is 7.92. The third kappa shape index (κ3) is 4.75. The van der Waals surface area contributed by atoms with Crippen LogP contribution in [-0.4, -0.2) is 24.9 Å². The number of pyridine rings is 1. The summed E-state index contributed by atoms with van der Waals surface area (Å²) < 4.78 is 27.0. The Morgan fingerprint density at radius 1 is 1.21 bits per heavy atom. The van der Waals surface area contributed by atoms with Gasteiger partial charge in [-0.2, -0.15) is 0 Å². The molecule has 1 aromatic heterocycles. The van der Waals surface area contributed by atoms with Crippen molar-refractivity contribution < 1.29 is 13.2 Å². The number of anilines is 1. The smallest absolute Gasteiger partial charge is 0.232 e. The first-order valence-corrected chi connectivity index (χ1v) is 11.8. The average molecular weight is 411 g/mol. The fraction of sp³-hybridized carbons (Fsp3) is 0.391. The van der Waals surface area contributed by atoms with E-state index in [1.165, 1.54) is 0 Å². The van der Waals surface area contributed by atoms with E-state index in [-0.39, 0.29) is 23.4 Å². The summed E-state index contributed by atoms with van der Waals surface area (Å²) >= 11 is 0. The molecule has 2 aromatic rings. The van der Waals surface area contributed by atoms with Gasteiger partial charge < -0.3 is 0 Å². The molecule has 1 aromatic carbocycles. The first-order valence-electron chi connectivity index (χ1n) is 10.1. The summed E-state index contributed by atoms with van der Waals surface area (Å²) in [5.41, 5.74) is 5.49. The highest BCUT2D eigenvalue weighted by atomic mass is 32.2. The van der Waals surface area contributed by atoms with Gasteiger partial charge in [-0.1, -0.05) is 38.1 Å². The third-order valence-corrected chi connectivity index (χ3v) is 6.85. The van der Waals surface area contributed by atoms with Gasteiger partial charge in [0, 0.05) is 35.7 Å². The van der Waals surface area contributed by atoms with E-state index in [9.17, 15) is 13.2 Å². The molecule has 29 heavy (non-hydrogen) atoms. The minimum atomic E-state index is -3.35. The molecule has 152 valence electrons. The van der Waals surface area contributed by atoms with E-state index < -0.39 is 10.0 Å². The maximum atomic E-state index is 12.3. The normalized spacial score (nSPS) is 15.6. The average Bonchev–Trinajstić information content (AvgIpc) is 3.39. The second-order valence-corrected chi connectivity index (χ2v) is 10.2. The summed E-state index contributed by atoms with van der Waals surface area (Å²) in [5, 5.41) is 0. The lowest BCUT2D eigenvalue weighted by atomic mass is 9.97. The van der Waals surface area contributed by atoms with Crippen LogP contribution in [0.25, 0.3) is 17.2 Å². The van der Waals surface area contributed by atoms with Crippen LogP contribution in [0, 0.1) is 11.8 Å². The number of hydrogen-bond acceptors (Lipinski definition) is 4. The quantitative estimate of drug-likeness (QED) is 0.706. The number of nitrogens with zero attached hydrogens (tertiary/aromatic N) is 1. The molecule has 0 atom stereocenters. The zero-order valence-electron chi connectivity index (χ0n) is 16.8. The maximum Gasteiger partial charge on any atom is 0.232 e. The molecule has 1 N–H and O–H groups in total. The third-order valence-electron chi connectivity index (χ3n) is 5.20. The number of nitrogens with one attached hydrogen (secondary N) is 1. The predicted octanol–water partition coefficient (Wildman–Crippen LogP) is 4.24. The molecule has 0 radical (unpaired) electrons. The Morgan fingerprint density at radius 3 is 2.59 bits per heavy atom. The molecule has 0 unspecified atom stereocenters. The van der Waals surface area contributed by atoms with Gasteiger partial charge in [0.25, 0.3) is 0 Å². The number of Topliss-reactive ketones (excluding diaryl/α,β-unsaturated/α-hetero) is 1. The van der Waals surface area contributed by atoms with Crippen LogP contribution in [0.2, 0.25) is 0 Å². The molecular formula is C23H26N2O3S. The minimum Gasteiger partial charge on any atom is -0.299 e. The number of carbonyl (C=O) groups excluding carboxylic acids is 1. The van der Waals surface area contributed by atoms with Crippen molar-refractivity contribution in [1.29, 1.82) is 0 Å². The molecule has 1 heterocycles. The van der Waals surface area contributed by atoms with E-state index in [0.717, 1.165) is 47.3 Å². The number of allylic oxidation sites excluding steroid dienone is 1. The second kappa shape index (κ2) is 7.75. The highest BCUT2D eigenvalue weighted by Crippen LogP contribution is 2.34. The van der Waals surface area contributed by atoms with Crippen molar-refractivity contribution in [2.24, 2.45) is 11.8 Å². The lowest BCUT2D eigenvalue weighted by Crippen LogP contribution is -2.19. The second-order valence-electron chi connectivity index (χ2n) is 8.40. The number of rotatable bonds is 8. The van der Waals surface area contributed by atoms with E-state index in [4.69, 9.17) is 4.98 Å². The number of aromatic nitrogens is 1. The summed E-state index contributed by atoms with van der Waals surface area (Å²) in [7, 11) is -3.35. The molecule has 0 spiro atoms. The van der Waals surface area contributed by atoms with Crippen molar-refractivity contribution in [1.82, 2.24) is 4.98 Å². The number of sulfonamides is 1. The highest BCUT2D eigenvalue weighted by Gasteiger charge is 2.30. The molecule has 0 bridgehead atoms. The number of benzene rings is 1. The van der Waals surface area contributed by atoms with Crippen molar-refractivity contribution in [2.45, 2.75) is 39.5 Å². The van der Waals surface area contributed by atoms with Crippen molar-refractivity contribution >= 4 is 27.6 Å². The predicted molar refractivity (Wildman–Crippen MR) is 116 cm³/mol. The van der Waals surface area contributed by atoms with E-state index in [1.807, 2.05) is 32.0 Å². The van der Waals surface area contributed by atoms with Crippen LogP contribution >= 0.6 is 0 Å². The largest absolute Gasteiger partial charge is 0.299 e. The Kier molecular flexibility index (Phi) is 5.30. The lowest BCUT2D eigenvalue weighted by molar-refractivity contribution is -0.119. The summed E-state index contributed by atoms with van der Waals surface area (Å²) in [6.45, 7) is 3.76. The Bertz CT molecular complexity index is 1070. The first kappa shape index (κ1) is 19.8. The van der Waals surface area contributed by atoms with Crippen LogP contribution < -0.4 is 4.72 Å². The Morgan fingerprint density at radius 2 is 1.93 bits per heavy atom. The number of fused-ring (bicyclic) bond motifs is 1. The summed E-state index contributed by atoms with van der Waals surface area (Å²) in [5.74, 6) is 0.666. The molecule has 1 saturated carbocycles. The van der Waals surface area contributed by atoms with Gasteiger partial charge in [-0.25, -0.2) is 8.42 Å². The van der Waals surface area contributed by atoms with Gasteiger partial charge in [0.2, 0.25) is 10.0 Å². The fourth-order valence-corrected chi connectivity index (χ4v) is 5.19. The topological polar surface area (TPSA) is 76.1 Å². The van der Waals surface area contributed by atoms with Gasteiger partial charge >= 0.3 is 0 Å². The number of hydrogen-bond donors (Lipinski definition) is 1. The monoisotopic (exact) mass is 410 g/mol. The molecule has 2 aliphatic rings. The molecule has 6 heteroatoms. The molecular weight excluding hydrogens is 384 g/mol. The molecule has 0 amide bonds. The maximum absolute atomic E-state index is 12.3. The Labute approximate surface area is 172 Å². The van der Waals surface area contributed by atoms with E-state index >= 15 is 0 Å². The van der Waals surface area contributed by atoms with Crippen molar-refractivity contribution in [3.05, 3.63) is 53.4 Å². The lowest BCUT2D eigenvalue weighted by Gasteiger charge is -2.13. The minimum absolute atomic E-state index is 0.0646. The van der Waals surface area contributed by atoms with Gasteiger partial charge in [-0.05, 0) is 48.1 Å². The molecule has 0 aliphatic heterocycles. The van der Waals surface area contributed by atoms with Gasteiger partial charge in [0.15, 0.2) is 0 Å². The number of ketones is 1. The molecule has 0 saturated heterocycles. The summed E-state index contributed by atoms with van der Waals surface area (Å²) in [4.78, 5) is 17.0. The van der Waals surface area contributed by atoms with Gasteiger partial charge in [0.05, 0.1) is 11.4 Å². The fourth-order valence-electron chi connectivity index (χ4n) is 3.73. The van der Waals surface area contributed by atoms with Gasteiger partial charge in [0.1, 0.15) is 5.78 Å². The van der Waals surface area contributed by atoms with Crippen LogP contribution in [0.3, 0.4) is 0 Å². The molecule has 4 rings (SSSR count). The van der Waals surface area contributed by atoms with Crippen LogP contribution in [0.15, 0.2) is 36.4 Å². The zero-order chi connectivity index (χ0) is 20.6. The van der Waals surface area contributed by atoms with Crippen LogP contribution in [0.5, 0.6) is 0 Å². The van der Waals surface area contributed by atoms with Crippen LogP contribution in [0.1, 0.15) is 43.6 Å². The summed E-state index contributed by atoms with van der Waals surface area (Å²) in [6.07, 6.45) is 7.34. The van der Waals surface area contributed by atoms with E-state index in [0.29, 0.717) is 12.1 Å². The summed E-state index contributed by atoms with van der Waals surface area (Å²) in [6, 6.07) is 9.41. The number of carbonyl (C=O) groups is 1. The first-order chi connectivity index (χ1) is 13.8. The van der Waals surface area contributed by atoms with Gasteiger partial charge in [-0.3, -0.25) is 14.5 Å². The molecule has 5 nitrogen and oxygen atoms in total.